The third-order valence-electron chi connectivity index (χ3n) is 2.04. The number of aromatic nitrogens is 4. The molecule has 0 amide bonds. The second kappa shape index (κ2) is 3.06. The summed E-state index contributed by atoms with van der Waals surface area (Å²) < 4.78 is 1.64. The van der Waals surface area contributed by atoms with Crippen molar-refractivity contribution >= 4 is 23.1 Å². The van der Waals surface area contributed by atoms with Gasteiger partial charge in [0.15, 0.2) is 5.15 Å². The number of anilines is 1. The highest BCUT2D eigenvalue weighted by molar-refractivity contribution is 6.32. The average molecular weight is 226 g/mol. The summed E-state index contributed by atoms with van der Waals surface area (Å²) in [6, 6.07) is 0. The predicted molar refractivity (Wildman–Crippen MR) is 58.9 cm³/mol. The van der Waals surface area contributed by atoms with Gasteiger partial charge in [0.05, 0.1) is 6.20 Å². The molecule has 15 heavy (non-hydrogen) atoms. The highest BCUT2D eigenvalue weighted by atomic mass is 35.5. The van der Waals surface area contributed by atoms with Crippen molar-refractivity contribution < 1.29 is 0 Å². The van der Waals surface area contributed by atoms with Crippen LogP contribution in [0.2, 0.25) is 5.15 Å². The quantitative estimate of drug-likeness (QED) is 0.740. The molecule has 2 aromatic heterocycles. The minimum absolute atomic E-state index is 0.142. The van der Waals surface area contributed by atoms with Gasteiger partial charge in [0.2, 0.25) is 5.95 Å². The highest BCUT2D eigenvalue weighted by Crippen LogP contribution is 2.25. The van der Waals surface area contributed by atoms with Crippen molar-refractivity contribution in [3.05, 3.63) is 17.2 Å². The molecule has 0 aliphatic carbocycles. The number of hydrogen-bond donors (Lipinski definition) is 1. The van der Waals surface area contributed by atoms with Crippen LogP contribution in [0.3, 0.4) is 0 Å². The third-order valence-corrected chi connectivity index (χ3v) is 2.31. The van der Waals surface area contributed by atoms with E-state index in [0.717, 1.165) is 5.82 Å². The molecule has 80 valence electrons. The molecule has 0 fully saturated rings. The first-order valence-corrected chi connectivity index (χ1v) is 4.94. The fourth-order valence-electron chi connectivity index (χ4n) is 1.35. The zero-order valence-corrected chi connectivity index (χ0v) is 9.58. The highest BCUT2D eigenvalue weighted by Gasteiger charge is 2.23. The van der Waals surface area contributed by atoms with Gasteiger partial charge >= 0.3 is 0 Å². The molecule has 0 spiro atoms. The van der Waals surface area contributed by atoms with Crippen molar-refractivity contribution in [2.24, 2.45) is 0 Å². The number of halogens is 1. The van der Waals surface area contributed by atoms with Gasteiger partial charge in [-0.1, -0.05) is 32.4 Å². The topological polar surface area (TPSA) is 69.1 Å². The summed E-state index contributed by atoms with van der Waals surface area (Å²) >= 11 is 5.98. The first kappa shape index (κ1) is 10.2. The summed E-state index contributed by atoms with van der Waals surface area (Å²) in [6.45, 7) is 6.11. The lowest BCUT2D eigenvalue weighted by atomic mass is 9.96. The van der Waals surface area contributed by atoms with Gasteiger partial charge in [0.25, 0.3) is 0 Å². The van der Waals surface area contributed by atoms with Crippen molar-refractivity contribution in [3.63, 3.8) is 0 Å². The summed E-state index contributed by atoms with van der Waals surface area (Å²) in [6.07, 6.45) is 1.58. The van der Waals surface area contributed by atoms with Crippen LogP contribution >= 0.6 is 11.6 Å². The average Bonchev–Trinajstić information content (AvgIpc) is 2.42. The van der Waals surface area contributed by atoms with Crippen LogP contribution in [0.15, 0.2) is 6.20 Å². The normalized spacial score (nSPS) is 12.3. The number of imidazole rings is 1. The minimum Gasteiger partial charge on any atom is -0.367 e. The Balaban J connectivity index is 2.81. The van der Waals surface area contributed by atoms with E-state index in [-0.39, 0.29) is 11.4 Å². The number of fused-ring (bicyclic) bond motifs is 1. The smallest absolute Gasteiger partial charge is 0.238 e. The first-order chi connectivity index (χ1) is 6.89. The standard InChI is InChI=1S/C9H12ClN5/c1-9(2,3)7-13-6(10)5-4-12-8(11)14-15(5)7/h4H,1-3H3,(H2,11,14). The Morgan fingerprint density at radius 1 is 1.40 bits per heavy atom. The lowest BCUT2D eigenvalue weighted by Crippen LogP contribution is -2.17. The Labute approximate surface area is 92.3 Å². The zero-order valence-electron chi connectivity index (χ0n) is 8.82. The molecule has 0 saturated carbocycles. The summed E-state index contributed by atoms with van der Waals surface area (Å²) in [4.78, 5) is 8.16. The first-order valence-electron chi connectivity index (χ1n) is 4.57. The van der Waals surface area contributed by atoms with Gasteiger partial charge in [0.1, 0.15) is 11.3 Å². The molecular formula is C9H12ClN5. The molecule has 0 atom stereocenters. The lowest BCUT2D eigenvalue weighted by molar-refractivity contribution is 0.530. The number of nitrogens with two attached hydrogens (primary N) is 1. The van der Waals surface area contributed by atoms with Gasteiger partial charge in [-0.2, -0.15) is 0 Å². The molecule has 5 nitrogen and oxygen atoms in total. The fraction of sp³-hybridized carbons (Fsp3) is 0.444. The number of nitrogen functional groups attached to an aromatic ring is 1. The summed E-state index contributed by atoms with van der Waals surface area (Å²) in [7, 11) is 0. The Morgan fingerprint density at radius 3 is 2.67 bits per heavy atom. The number of rotatable bonds is 0. The Morgan fingerprint density at radius 2 is 2.07 bits per heavy atom. The Kier molecular flexibility index (Phi) is 2.08. The van der Waals surface area contributed by atoms with Crippen LogP contribution in [0.4, 0.5) is 5.95 Å². The lowest BCUT2D eigenvalue weighted by Gasteiger charge is -2.15. The SMILES string of the molecule is CC(C)(C)c1nc(Cl)c2cnc(N)nn12. The molecule has 2 aromatic rings. The van der Waals surface area contributed by atoms with E-state index in [4.69, 9.17) is 17.3 Å². The van der Waals surface area contributed by atoms with Crippen molar-refractivity contribution in [2.75, 3.05) is 5.73 Å². The number of hydrogen-bond acceptors (Lipinski definition) is 4. The van der Waals surface area contributed by atoms with Gasteiger partial charge < -0.3 is 5.73 Å². The fourth-order valence-corrected chi connectivity index (χ4v) is 1.56. The van der Waals surface area contributed by atoms with E-state index in [1.165, 1.54) is 0 Å². The zero-order chi connectivity index (χ0) is 11.2. The van der Waals surface area contributed by atoms with E-state index in [0.29, 0.717) is 10.7 Å². The van der Waals surface area contributed by atoms with Crippen molar-refractivity contribution in [1.29, 1.82) is 0 Å². The monoisotopic (exact) mass is 225 g/mol. The van der Waals surface area contributed by atoms with Crippen LogP contribution in [-0.4, -0.2) is 19.6 Å². The maximum atomic E-state index is 5.98. The molecule has 2 N–H and O–H groups in total. The van der Waals surface area contributed by atoms with Crippen LogP contribution in [0.1, 0.15) is 26.6 Å². The Hall–Kier alpha value is -1.36. The van der Waals surface area contributed by atoms with Crippen molar-refractivity contribution in [1.82, 2.24) is 19.6 Å². The van der Waals surface area contributed by atoms with E-state index >= 15 is 0 Å². The van der Waals surface area contributed by atoms with E-state index in [1.54, 1.807) is 10.7 Å². The maximum Gasteiger partial charge on any atom is 0.238 e. The van der Waals surface area contributed by atoms with Gasteiger partial charge in [0, 0.05) is 5.41 Å². The van der Waals surface area contributed by atoms with Crippen LogP contribution < -0.4 is 5.73 Å². The molecule has 0 bridgehead atoms. The van der Waals surface area contributed by atoms with E-state index in [1.807, 2.05) is 20.8 Å². The third kappa shape index (κ3) is 1.63. The predicted octanol–water partition coefficient (Wildman–Crippen LogP) is 1.66. The number of nitrogens with zero attached hydrogens (tertiary/aromatic N) is 4. The minimum atomic E-state index is -0.142. The molecular weight excluding hydrogens is 214 g/mol. The van der Waals surface area contributed by atoms with Gasteiger partial charge in [-0.25, -0.2) is 14.5 Å². The summed E-state index contributed by atoms with van der Waals surface area (Å²) in [5, 5.41) is 4.50. The van der Waals surface area contributed by atoms with Gasteiger partial charge in [-0.15, -0.1) is 5.10 Å². The van der Waals surface area contributed by atoms with Crippen molar-refractivity contribution in [3.8, 4) is 0 Å². The second-order valence-electron chi connectivity index (χ2n) is 4.39. The molecule has 2 heterocycles. The van der Waals surface area contributed by atoms with Gasteiger partial charge in [-0.05, 0) is 0 Å². The van der Waals surface area contributed by atoms with E-state index in [9.17, 15) is 0 Å². The molecule has 0 aliphatic rings. The van der Waals surface area contributed by atoms with Crippen LogP contribution in [0.5, 0.6) is 0 Å². The summed E-state index contributed by atoms with van der Waals surface area (Å²) in [5.41, 5.74) is 6.07. The summed E-state index contributed by atoms with van der Waals surface area (Å²) in [5.74, 6) is 0.985. The van der Waals surface area contributed by atoms with Crippen LogP contribution in [0, 0.1) is 0 Å². The molecule has 0 unspecified atom stereocenters. The molecule has 0 saturated heterocycles. The Bertz CT molecular complexity index is 511. The van der Waals surface area contributed by atoms with E-state index in [2.05, 4.69) is 15.1 Å². The second-order valence-corrected chi connectivity index (χ2v) is 4.75. The molecule has 0 aliphatic heterocycles. The molecule has 2 rings (SSSR count). The van der Waals surface area contributed by atoms with Crippen LogP contribution in [0.25, 0.3) is 5.52 Å². The van der Waals surface area contributed by atoms with Crippen LogP contribution in [-0.2, 0) is 5.41 Å². The van der Waals surface area contributed by atoms with E-state index < -0.39 is 0 Å². The maximum absolute atomic E-state index is 5.98. The molecule has 0 radical (unpaired) electrons. The van der Waals surface area contributed by atoms with Crippen molar-refractivity contribution in [2.45, 2.75) is 26.2 Å². The largest absolute Gasteiger partial charge is 0.367 e. The molecule has 0 aromatic carbocycles. The van der Waals surface area contributed by atoms with Gasteiger partial charge in [-0.3, -0.25) is 0 Å². The molecule has 6 heteroatoms.